The van der Waals surface area contributed by atoms with E-state index in [2.05, 4.69) is 0 Å². The molecule has 0 bridgehead atoms. The predicted octanol–water partition coefficient (Wildman–Crippen LogP) is 0.855. The van der Waals surface area contributed by atoms with Gasteiger partial charge in [-0.15, -0.1) is 0 Å². The average molecular weight is 390 g/mol. The maximum Gasteiger partial charge on any atom is 0.229 e. The van der Waals surface area contributed by atoms with E-state index in [-0.39, 0.29) is 0 Å². The van der Waals surface area contributed by atoms with Gasteiger partial charge in [0, 0.05) is 6.42 Å². The smallest absolute Gasteiger partial charge is 0.229 e. The second-order valence-corrected chi connectivity index (χ2v) is 6.68. The van der Waals surface area contributed by atoms with Gasteiger partial charge in [-0.05, 0) is 36.2 Å². The Labute approximate surface area is 163 Å². The molecule has 0 amide bonds. The van der Waals surface area contributed by atoms with Crippen LogP contribution in [-0.4, -0.2) is 64.3 Å². The molecule has 0 aliphatic carbocycles. The maximum absolute atomic E-state index is 10.2. The molecule has 0 spiro atoms. The van der Waals surface area contributed by atoms with E-state index in [1.165, 1.54) is 0 Å². The number of ether oxygens (including phenoxy) is 3. The lowest BCUT2D eigenvalue weighted by Gasteiger charge is -2.39. The van der Waals surface area contributed by atoms with Crippen LogP contribution in [0, 0.1) is 0 Å². The first-order valence-corrected chi connectivity index (χ1v) is 9.30. The molecule has 0 radical (unpaired) electrons. The molecule has 2 aromatic rings. The van der Waals surface area contributed by atoms with Crippen molar-refractivity contribution in [2.75, 3.05) is 13.2 Å². The Kier molecular flexibility index (Phi) is 6.88. The zero-order chi connectivity index (χ0) is 20.1. The molecule has 3 rings (SSSR count). The van der Waals surface area contributed by atoms with Crippen molar-refractivity contribution < 1.29 is 34.6 Å². The number of hydrogen-bond donors (Lipinski definition) is 4. The molecule has 0 unspecified atom stereocenters. The first kappa shape index (κ1) is 20.6. The summed E-state index contributed by atoms with van der Waals surface area (Å²) in [5, 5.41) is 39.3. The summed E-state index contributed by atoms with van der Waals surface area (Å²) in [5.74, 6) is 1.29. The van der Waals surface area contributed by atoms with Crippen molar-refractivity contribution in [3.63, 3.8) is 0 Å². The first-order valence-electron chi connectivity index (χ1n) is 9.30. The molecular formula is C21H26O7. The van der Waals surface area contributed by atoms with Gasteiger partial charge in [0.1, 0.15) is 35.9 Å². The molecule has 7 nitrogen and oxygen atoms in total. The van der Waals surface area contributed by atoms with Gasteiger partial charge in [-0.2, -0.15) is 0 Å². The van der Waals surface area contributed by atoms with Crippen LogP contribution in [0.15, 0.2) is 48.5 Å². The summed E-state index contributed by atoms with van der Waals surface area (Å²) in [6, 6.07) is 15.1. The van der Waals surface area contributed by atoms with Crippen LogP contribution in [0.3, 0.4) is 0 Å². The number of benzene rings is 2. The van der Waals surface area contributed by atoms with Gasteiger partial charge in [0.2, 0.25) is 6.29 Å². The Morgan fingerprint density at radius 2 is 1.64 bits per heavy atom. The van der Waals surface area contributed by atoms with E-state index in [9.17, 15) is 20.4 Å². The highest BCUT2D eigenvalue weighted by Crippen LogP contribution is 2.28. The highest BCUT2D eigenvalue weighted by molar-refractivity contribution is 5.39. The molecule has 1 saturated heterocycles. The summed E-state index contributed by atoms with van der Waals surface area (Å²) in [6.45, 7) is 2.04. The highest BCUT2D eigenvalue weighted by atomic mass is 16.7. The van der Waals surface area contributed by atoms with Crippen LogP contribution < -0.4 is 9.47 Å². The largest absolute Gasteiger partial charge is 0.494 e. The molecule has 0 saturated carbocycles. The molecule has 5 atom stereocenters. The molecule has 4 N–H and O–H groups in total. The van der Waals surface area contributed by atoms with Gasteiger partial charge in [-0.3, -0.25) is 0 Å². The molecule has 0 aromatic heterocycles. The Hall–Kier alpha value is -2.16. The van der Waals surface area contributed by atoms with E-state index in [1.54, 1.807) is 12.1 Å². The minimum atomic E-state index is -1.48. The monoisotopic (exact) mass is 390 g/mol. The molecule has 1 fully saturated rings. The fraction of sp³-hybridized carbons (Fsp3) is 0.429. The summed E-state index contributed by atoms with van der Waals surface area (Å²) in [4.78, 5) is 0. The summed E-state index contributed by atoms with van der Waals surface area (Å²) in [7, 11) is 0. The molecular weight excluding hydrogens is 364 g/mol. The number of rotatable bonds is 7. The zero-order valence-electron chi connectivity index (χ0n) is 15.6. The van der Waals surface area contributed by atoms with Gasteiger partial charge in [0.15, 0.2) is 0 Å². The van der Waals surface area contributed by atoms with E-state index < -0.39 is 37.3 Å². The van der Waals surface area contributed by atoms with Gasteiger partial charge >= 0.3 is 0 Å². The van der Waals surface area contributed by atoms with E-state index in [1.807, 2.05) is 43.3 Å². The summed E-state index contributed by atoms with van der Waals surface area (Å²) < 4.78 is 16.7. The molecule has 1 aliphatic heterocycles. The number of aliphatic hydroxyl groups excluding tert-OH is 4. The normalized spacial score (nSPS) is 27.4. The van der Waals surface area contributed by atoms with Crippen molar-refractivity contribution >= 4 is 0 Å². The lowest BCUT2D eigenvalue weighted by Crippen LogP contribution is -2.60. The van der Waals surface area contributed by atoms with Crippen molar-refractivity contribution in [3.8, 4) is 11.5 Å². The van der Waals surface area contributed by atoms with Crippen LogP contribution in [0.4, 0.5) is 0 Å². The third kappa shape index (κ3) is 4.63. The summed E-state index contributed by atoms with van der Waals surface area (Å²) >= 11 is 0. The third-order valence-corrected chi connectivity index (χ3v) is 4.69. The van der Waals surface area contributed by atoms with Crippen LogP contribution in [0.1, 0.15) is 18.1 Å². The molecule has 7 heteroatoms. The summed E-state index contributed by atoms with van der Waals surface area (Å²) in [6.07, 6.45) is -5.98. The van der Waals surface area contributed by atoms with Crippen LogP contribution >= 0.6 is 0 Å². The molecule has 2 aromatic carbocycles. The SMILES string of the molecule is CCOc1ccc(Cc2ccccc2O[C@H]2O[C@H](CO)[C@@H](O)[C@H](O)[C@H]2O)cc1. The topological polar surface area (TPSA) is 109 Å². The molecule has 152 valence electrons. The number of para-hydroxylation sites is 1. The minimum Gasteiger partial charge on any atom is -0.494 e. The fourth-order valence-corrected chi connectivity index (χ4v) is 3.14. The Bertz CT molecular complexity index is 747. The lowest BCUT2D eigenvalue weighted by atomic mass is 9.99. The summed E-state index contributed by atoms with van der Waals surface area (Å²) in [5.41, 5.74) is 1.91. The average Bonchev–Trinajstić information content (AvgIpc) is 2.71. The lowest BCUT2D eigenvalue weighted by molar-refractivity contribution is -0.277. The highest BCUT2D eigenvalue weighted by Gasteiger charge is 2.44. The number of hydrogen-bond acceptors (Lipinski definition) is 7. The Morgan fingerprint density at radius 1 is 0.929 bits per heavy atom. The second-order valence-electron chi connectivity index (χ2n) is 6.68. The van der Waals surface area contributed by atoms with E-state index in [0.717, 1.165) is 16.9 Å². The maximum atomic E-state index is 10.2. The van der Waals surface area contributed by atoms with E-state index >= 15 is 0 Å². The molecule has 1 heterocycles. The molecule has 28 heavy (non-hydrogen) atoms. The van der Waals surface area contributed by atoms with E-state index in [0.29, 0.717) is 18.8 Å². The van der Waals surface area contributed by atoms with Crippen LogP contribution in [0.2, 0.25) is 0 Å². The Morgan fingerprint density at radius 3 is 2.32 bits per heavy atom. The Balaban J connectivity index is 1.74. The fourth-order valence-electron chi connectivity index (χ4n) is 3.14. The number of aliphatic hydroxyl groups is 4. The van der Waals surface area contributed by atoms with Crippen molar-refractivity contribution in [1.82, 2.24) is 0 Å². The van der Waals surface area contributed by atoms with Gasteiger partial charge < -0.3 is 34.6 Å². The van der Waals surface area contributed by atoms with Gasteiger partial charge in [-0.1, -0.05) is 30.3 Å². The molecule has 1 aliphatic rings. The third-order valence-electron chi connectivity index (χ3n) is 4.69. The van der Waals surface area contributed by atoms with Gasteiger partial charge in [-0.25, -0.2) is 0 Å². The zero-order valence-corrected chi connectivity index (χ0v) is 15.6. The van der Waals surface area contributed by atoms with E-state index in [4.69, 9.17) is 14.2 Å². The van der Waals surface area contributed by atoms with Crippen molar-refractivity contribution in [1.29, 1.82) is 0 Å². The van der Waals surface area contributed by atoms with Crippen molar-refractivity contribution in [2.45, 2.75) is 44.1 Å². The predicted molar refractivity (Wildman–Crippen MR) is 101 cm³/mol. The van der Waals surface area contributed by atoms with Gasteiger partial charge in [0.25, 0.3) is 0 Å². The minimum absolute atomic E-state index is 0.487. The van der Waals surface area contributed by atoms with Gasteiger partial charge in [0.05, 0.1) is 13.2 Å². The first-order chi connectivity index (χ1) is 13.5. The standard InChI is InChI=1S/C21H26O7/c1-2-26-15-9-7-13(8-10-15)11-14-5-3-4-6-16(14)27-21-20(25)19(24)18(23)17(12-22)28-21/h3-10,17-25H,2,11-12H2,1H3/t17-,18-,19+,20-,21+/m1/s1. The van der Waals surface area contributed by atoms with Crippen LogP contribution in [0.5, 0.6) is 11.5 Å². The quantitative estimate of drug-likeness (QED) is 0.555. The van der Waals surface area contributed by atoms with Crippen molar-refractivity contribution in [3.05, 3.63) is 59.7 Å². The van der Waals surface area contributed by atoms with Crippen molar-refractivity contribution in [2.24, 2.45) is 0 Å². The van der Waals surface area contributed by atoms with Crippen LogP contribution in [-0.2, 0) is 11.2 Å². The second kappa shape index (κ2) is 9.36. The van der Waals surface area contributed by atoms with Crippen LogP contribution in [0.25, 0.3) is 0 Å².